The molecular weight excluding hydrogens is 256 g/mol. The first-order chi connectivity index (χ1) is 9.70. The van der Waals surface area contributed by atoms with Gasteiger partial charge in [-0.1, -0.05) is 18.2 Å². The number of methoxy groups -OCH3 is 1. The summed E-state index contributed by atoms with van der Waals surface area (Å²) < 4.78 is 4.68. The van der Waals surface area contributed by atoms with Crippen LogP contribution in [0.25, 0.3) is 0 Å². The molecule has 0 saturated carbocycles. The van der Waals surface area contributed by atoms with E-state index in [9.17, 15) is 9.59 Å². The minimum atomic E-state index is -0.484. The lowest BCUT2D eigenvalue weighted by Crippen LogP contribution is -2.17. The van der Waals surface area contributed by atoms with Crippen molar-refractivity contribution >= 4 is 17.6 Å². The Morgan fingerprint density at radius 3 is 2.70 bits per heavy atom. The molecule has 1 aromatic heterocycles. The van der Waals surface area contributed by atoms with Crippen LogP contribution in [0.4, 0.5) is 5.69 Å². The van der Waals surface area contributed by atoms with Gasteiger partial charge in [0.15, 0.2) is 0 Å². The summed E-state index contributed by atoms with van der Waals surface area (Å²) in [7, 11) is 1.30. The van der Waals surface area contributed by atoms with Gasteiger partial charge < -0.3 is 10.1 Å². The number of rotatable bonds is 4. The molecule has 2 rings (SSSR count). The molecule has 102 valence electrons. The van der Waals surface area contributed by atoms with E-state index in [-0.39, 0.29) is 12.3 Å². The molecule has 0 unspecified atom stereocenters. The van der Waals surface area contributed by atoms with E-state index in [0.717, 1.165) is 5.56 Å². The Labute approximate surface area is 116 Å². The molecule has 0 aliphatic carbocycles. The second-order valence-electron chi connectivity index (χ2n) is 4.12. The molecule has 0 radical (unpaired) electrons. The van der Waals surface area contributed by atoms with Gasteiger partial charge in [-0.25, -0.2) is 4.79 Å². The molecule has 0 fully saturated rings. The zero-order valence-electron chi connectivity index (χ0n) is 11.0. The van der Waals surface area contributed by atoms with Crippen molar-refractivity contribution < 1.29 is 14.3 Å². The zero-order chi connectivity index (χ0) is 14.4. The standard InChI is InChI=1S/C15H14N2O3/c1-20-15(19)12-6-2-3-7-13(12)17-14(18)9-11-5-4-8-16-10-11/h2-8,10H,9H2,1H3,(H,17,18). The first kappa shape index (κ1) is 13.7. The number of para-hydroxylation sites is 1. The van der Waals surface area contributed by atoms with E-state index in [1.807, 2.05) is 6.07 Å². The number of benzene rings is 1. The fourth-order valence-corrected chi connectivity index (χ4v) is 1.76. The first-order valence-electron chi connectivity index (χ1n) is 6.07. The van der Waals surface area contributed by atoms with E-state index in [0.29, 0.717) is 11.3 Å². The van der Waals surface area contributed by atoms with E-state index in [1.165, 1.54) is 7.11 Å². The van der Waals surface area contributed by atoms with E-state index in [1.54, 1.807) is 42.7 Å². The van der Waals surface area contributed by atoms with Crippen LogP contribution in [0.5, 0.6) is 0 Å². The van der Waals surface area contributed by atoms with Crippen molar-refractivity contribution in [3.8, 4) is 0 Å². The van der Waals surface area contributed by atoms with Crippen LogP contribution in [-0.2, 0) is 16.0 Å². The molecule has 0 saturated heterocycles. The lowest BCUT2D eigenvalue weighted by atomic mass is 10.1. The zero-order valence-corrected chi connectivity index (χ0v) is 11.0. The highest BCUT2D eigenvalue weighted by molar-refractivity contribution is 6.01. The summed E-state index contributed by atoms with van der Waals surface area (Å²) in [5.41, 5.74) is 1.57. The third kappa shape index (κ3) is 3.41. The second-order valence-corrected chi connectivity index (χ2v) is 4.12. The lowest BCUT2D eigenvalue weighted by Gasteiger charge is -2.09. The molecule has 5 heteroatoms. The number of esters is 1. The highest BCUT2D eigenvalue weighted by Crippen LogP contribution is 2.16. The van der Waals surface area contributed by atoms with E-state index >= 15 is 0 Å². The minimum Gasteiger partial charge on any atom is -0.465 e. The van der Waals surface area contributed by atoms with Crippen LogP contribution in [0.15, 0.2) is 48.8 Å². The molecule has 1 amide bonds. The molecule has 0 aliphatic rings. The van der Waals surface area contributed by atoms with Gasteiger partial charge in [0.05, 0.1) is 24.8 Å². The lowest BCUT2D eigenvalue weighted by molar-refractivity contribution is -0.115. The van der Waals surface area contributed by atoms with E-state index in [2.05, 4.69) is 15.0 Å². The average Bonchev–Trinajstić information content (AvgIpc) is 2.48. The van der Waals surface area contributed by atoms with Crippen molar-refractivity contribution in [2.45, 2.75) is 6.42 Å². The second kappa shape index (κ2) is 6.47. The number of hydrogen-bond donors (Lipinski definition) is 1. The highest BCUT2D eigenvalue weighted by atomic mass is 16.5. The van der Waals surface area contributed by atoms with Gasteiger partial charge in [-0.2, -0.15) is 0 Å². The minimum absolute atomic E-state index is 0.198. The summed E-state index contributed by atoms with van der Waals surface area (Å²) in [4.78, 5) is 27.5. The summed E-state index contributed by atoms with van der Waals surface area (Å²) in [5, 5.41) is 2.71. The van der Waals surface area contributed by atoms with Crippen LogP contribution in [0.1, 0.15) is 15.9 Å². The topological polar surface area (TPSA) is 68.3 Å². The monoisotopic (exact) mass is 270 g/mol. The maximum atomic E-state index is 12.0. The van der Waals surface area contributed by atoms with Crippen molar-refractivity contribution in [1.82, 2.24) is 4.98 Å². The number of carbonyl (C=O) groups excluding carboxylic acids is 2. The molecule has 0 bridgehead atoms. The van der Waals surface area contributed by atoms with Gasteiger partial charge in [0.25, 0.3) is 0 Å². The number of carbonyl (C=O) groups is 2. The van der Waals surface area contributed by atoms with Gasteiger partial charge in [-0.3, -0.25) is 9.78 Å². The smallest absolute Gasteiger partial charge is 0.339 e. The number of aromatic nitrogens is 1. The van der Waals surface area contributed by atoms with Crippen LogP contribution in [-0.4, -0.2) is 24.0 Å². The Bertz CT molecular complexity index is 612. The maximum absolute atomic E-state index is 12.0. The molecule has 1 N–H and O–H groups in total. The third-order valence-corrected chi connectivity index (χ3v) is 2.69. The fraction of sp³-hybridized carbons (Fsp3) is 0.133. The predicted octanol–water partition coefficient (Wildman–Crippen LogP) is 2.05. The molecule has 1 heterocycles. The summed E-state index contributed by atoms with van der Waals surface area (Å²) >= 11 is 0. The Kier molecular flexibility index (Phi) is 4.44. The summed E-state index contributed by atoms with van der Waals surface area (Å²) in [6.07, 6.45) is 3.48. The van der Waals surface area contributed by atoms with Gasteiger partial charge in [0.1, 0.15) is 0 Å². The van der Waals surface area contributed by atoms with Gasteiger partial charge in [-0.05, 0) is 23.8 Å². The highest BCUT2D eigenvalue weighted by Gasteiger charge is 2.13. The molecule has 0 atom stereocenters. The van der Waals surface area contributed by atoms with Gasteiger partial charge >= 0.3 is 5.97 Å². The van der Waals surface area contributed by atoms with Crippen LogP contribution in [0, 0.1) is 0 Å². The fourth-order valence-electron chi connectivity index (χ4n) is 1.76. The van der Waals surface area contributed by atoms with Crippen LogP contribution in [0.2, 0.25) is 0 Å². The van der Waals surface area contributed by atoms with Crippen LogP contribution in [0.3, 0.4) is 0 Å². The van der Waals surface area contributed by atoms with E-state index in [4.69, 9.17) is 0 Å². The number of nitrogens with one attached hydrogen (secondary N) is 1. The number of amides is 1. The Morgan fingerprint density at radius 2 is 2.00 bits per heavy atom. The number of ether oxygens (including phenoxy) is 1. The number of hydrogen-bond acceptors (Lipinski definition) is 4. The van der Waals surface area contributed by atoms with Crippen molar-refractivity contribution in [3.05, 3.63) is 59.9 Å². The number of pyridine rings is 1. The SMILES string of the molecule is COC(=O)c1ccccc1NC(=O)Cc1cccnc1. The first-order valence-corrected chi connectivity index (χ1v) is 6.07. The molecular formula is C15H14N2O3. The predicted molar refractivity (Wildman–Crippen MR) is 74.4 cm³/mol. The number of anilines is 1. The largest absolute Gasteiger partial charge is 0.465 e. The van der Waals surface area contributed by atoms with Crippen LogP contribution < -0.4 is 5.32 Å². The normalized spacial score (nSPS) is 9.85. The van der Waals surface area contributed by atoms with Gasteiger partial charge in [-0.15, -0.1) is 0 Å². The summed E-state index contributed by atoms with van der Waals surface area (Å²) in [5.74, 6) is -0.698. The summed E-state index contributed by atoms with van der Waals surface area (Å²) in [6.45, 7) is 0. The average molecular weight is 270 g/mol. The molecule has 0 spiro atoms. The number of nitrogens with zero attached hydrogens (tertiary/aromatic N) is 1. The van der Waals surface area contributed by atoms with E-state index < -0.39 is 5.97 Å². The molecule has 0 aliphatic heterocycles. The molecule has 1 aromatic carbocycles. The van der Waals surface area contributed by atoms with Crippen molar-refractivity contribution in [3.63, 3.8) is 0 Å². The van der Waals surface area contributed by atoms with Crippen molar-refractivity contribution in [2.75, 3.05) is 12.4 Å². The Morgan fingerprint density at radius 1 is 1.20 bits per heavy atom. The van der Waals surface area contributed by atoms with Gasteiger partial charge in [0.2, 0.25) is 5.91 Å². The summed E-state index contributed by atoms with van der Waals surface area (Å²) in [6, 6.07) is 10.3. The van der Waals surface area contributed by atoms with Crippen molar-refractivity contribution in [2.24, 2.45) is 0 Å². The third-order valence-electron chi connectivity index (χ3n) is 2.69. The Hall–Kier alpha value is -2.69. The maximum Gasteiger partial charge on any atom is 0.339 e. The quantitative estimate of drug-likeness (QED) is 0.863. The molecule has 5 nitrogen and oxygen atoms in total. The van der Waals surface area contributed by atoms with Crippen LogP contribution >= 0.6 is 0 Å². The van der Waals surface area contributed by atoms with Gasteiger partial charge in [0, 0.05) is 12.4 Å². The molecule has 2 aromatic rings. The molecule has 20 heavy (non-hydrogen) atoms. The van der Waals surface area contributed by atoms with Crippen molar-refractivity contribution in [1.29, 1.82) is 0 Å². The Balaban J connectivity index is 2.10.